The van der Waals surface area contributed by atoms with E-state index < -0.39 is 6.10 Å². The fourth-order valence-corrected chi connectivity index (χ4v) is 8.09. The van der Waals surface area contributed by atoms with Gasteiger partial charge in [-0.05, 0) is 103 Å². The summed E-state index contributed by atoms with van der Waals surface area (Å²) in [7, 11) is 0. The molecular weight excluding hydrogens is 841 g/mol. The molecule has 6 nitrogen and oxygen atoms in total. The van der Waals surface area contributed by atoms with E-state index in [1.165, 1.54) is 135 Å². The number of ether oxygens (including phenoxy) is 3. The Morgan fingerprint density at radius 1 is 0.324 bits per heavy atom. The number of unbranched alkanes of at least 4 members (excludes halogenated alkanes) is 30. The quantitative estimate of drug-likeness (QED) is 0.0199. The topological polar surface area (TPSA) is 78.9 Å². The van der Waals surface area contributed by atoms with Crippen molar-refractivity contribution in [1.82, 2.24) is 0 Å². The van der Waals surface area contributed by atoms with Crippen molar-refractivity contribution in [2.45, 2.75) is 290 Å². The van der Waals surface area contributed by atoms with Gasteiger partial charge in [-0.15, -0.1) is 0 Å². The molecule has 0 heterocycles. The van der Waals surface area contributed by atoms with E-state index in [4.69, 9.17) is 14.2 Å². The fourth-order valence-electron chi connectivity index (χ4n) is 8.09. The van der Waals surface area contributed by atoms with E-state index in [0.29, 0.717) is 19.3 Å². The van der Waals surface area contributed by atoms with Crippen molar-refractivity contribution in [2.24, 2.45) is 0 Å². The van der Waals surface area contributed by atoms with Crippen LogP contribution in [0.3, 0.4) is 0 Å². The van der Waals surface area contributed by atoms with E-state index >= 15 is 0 Å². The van der Waals surface area contributed by atoms with Crippen LogP contribution in [-0.2, 0) is 28.6 Å². The van der Waals surface area contributed by atoms with Gasteiger partial charge in [0.2, 0.25) is 0 Å². The summed E-state index contributed by atoms with van der Waals surface area (Å²) in [6, 6.07) is 0. The van der Waals surface area contributed by atoms with Crippen molar-refractivity contribution in [3.05, 3.63) is 72.9 Å². The van der Waals surface area contributed by atoms with Crippen molar-refractivity contribution < 1.29 is 28.6 Å². The van der Waals surface area contributed by atoms with Crippen LogP contribution in [0.15, 0.2) is 72.9 Å². The largest absolute Gasteiger partial charge is 0.462 e. The SMILES string of the molecule is CC/C=C\C/C=C\C/C=C\CCCCCCCCC(=O)OC(COC(=O)CCCCC/C=C\C=C/CCCCCCCCC)COC(=O)CCCCCCC/C=C\CCCCCCCCCCC. The zero-order chi connectivity index (χ0) is 49.3. The molecule has 392 valence electrons. The van der Waals surface area contributed by atoms with Gasteiger partial charge in [-0.3, -0.25) is 14.4 Å². The third-order valence-electron chi connectivity index (χ3n) is 12.4. The van der Waals surface area contributed by atoms with Crippen molar-refractivity contribution in [3.8, 4) is 0 Å². The Kier molecular flexibility index (Phi) is 53.8. The van der Waals surface area contributed by atoms with Crippen LogP contribution in [0.2, 0.25) is 0 Å². The number of hydrogen-bond acceptors (Lipinski definition) is 6. The number of esters is 3. The van der Waals surface area contributed by atoms with Crippen molar-refractivity contribution in [2.75, 3.05) is 13.2 Å². The highest BCUT2D eigenvalue weighted by Gasteiger charge is 2.19. The third kappa shape index (κ3) is 53.8. The number of rotatable bonds is 52. The minimum absolute atomic E-state index is 0.0932. The summed E-state index contributed by atoms with van der Waals surface area (Å²) in [6.07, 6.45) is 71.8. The second kappa shape index (κ2) is 56.4. The van der Waals surface area contributed by atoms with Crippen molar-refractivity contribution >= 4 is 17.9 Å². The second-order valence-corrected chi connectivity index (χ2v) is 19.2. The standard InChI is InChI=1S/C62H108O6/c1-4-7-10-13-16-19-22-25-28-31-32-35-37-40-43-46-49-52-55-61(64)67-58-59(68-62(65)56-53-50-47-44-41-38-34-30-27-24-21-18-15-12-9-6-3)57-66-60(63)54-51-48-45-42-39-36-33-29-26-23-20-17-14-11-8-5-2/h9,12,18,21,27,29-30,32-33,35-36,39,59H,4-8,10-11,13-17,19-20,22-26,28,31,34,37-38,40-58H2,1-3H3/b12-9-,21-18-,30-27-,33-29-,35-32-,39-36-. The lowest BCUT2D eigenvalue weighted by Crippen LogP contribution is -2.30. The van der Waals surface area contributed by atoms with Gasteiger partial charge in [-0.25, -0.2) is 0 Å². The smallest absolute Gasteiger partial charge is 0.306 e. The maximum atomic E-state index is 12.8. The monoisotopic (exact) mass is 949 g/mol. The van der Waals surface area contributed by atoms with Gasteiger partial charge in [0, 0.05) is 19.3 Å². The van der Waals surface area contributed by atoms with Gasteiger partial charge >= 0.3 is 17.9 Å². The zero-order valence-corrected chi connectivity index (χ0v) is 44.9. The predicted molar refractivity (Wildman–Crippen MR) is 293 cm³/mol. The molecule has 0 aliphatic carbocycles. The van der Waals surface area contributed by atoms with Crippen LogP contribution in [0.5, 0.6) is 0 Å². The first kappa shape index (κ1) is 64.8. The molecule has 0 aromatic heterocycles. The average Bonchev–Trinajstić information content (AvgIpc) is 3.34. The van der Waals surface area contributed by atoms with Crippen LogP contribution in [0.25, 0.3) is 0 Å². The molecule has 0 aliphatic rings. The van der Waals surface area contributed by atoms with Gasteiger partial charge in [-0.2, -0.15) is 0 Å². The molecule has 1 atom stereocenters. The maximum absolute atomic E-state index is 12.8. The molecular formula is C62H108O6. The predicted octanol–water partition coefficient (Wildman–Crippen LogP) is 19.4. The van der Waals surface area contributed by atoms with Crippen LogP contribution in [-0.4, -0.2) is 37.2 Å². The Hall–Kier alpha value is -3.15. The van der Waals surface area contributed by atoms with Gasteiger partial charge in [0.1, 0.15) is 13.2 Å². The lowest BCUT2D eigenvalue weighted by atomic mass is 10.1. The molecule has 0 fully saturated rings. The van der Waals surface area contributed by atoms with Gasteiger partial charge < -0.3 is 14.2 Å². The van der Waals surface area contributed by atoms with Crippen LogP contribution in [0.4, 0.5) is 0 Å². The van der Waals surface area contributed by atoms with Crippen molar-refractivity contribution in [1.29, 1.82) is 0 Å². The van der Waals surface area contributed by atoms with E-state index in [1.807, 2.05) is 0 Å². The molecule has 0 amide bonds. The Morgan fingerprint density at radius 2 is 0.618 bits per heavy atom. The number of allylic oxidation sites excluding steroid dienone is 12. The zero-order valence-electron chi connectivity index (χ0n) is 44.9. The Balaban J connectivity index is 4.44. The molecule has 0 aliphatic heterocycles. The number of carbonyl (C=O) groups excluding carboxylic acids is 3. The van der Waals surface area contributed by atoms with Gasteiger partial charge in [0.15, 0.2) is 6.10 Å². The minimum Gasteiger partial charge on any atom is -0.462 e. The highest BCUT2D eigenvalue weighted by Crippen LogP contribution is 2.15. The first-order chi connectivity index (χ1) is 33.5. The molecule has 0 aromatic rings. The molecule has 0 bridgehead atoms. The Labute approximate surface area is 421 Å². The lowest BCUT2D eigenvalue weighted by Gasteiger charge is -2.18. The molecule has 6 heteroatoms. The minimum atomic E-state index is -0.797. The van der Waals surface area contributed by atoms with E-state index in [9.17, 15) is 14.4 Å². The molecule has 0 rings (SSSR count). The van der Waals surface area contributed by atoms with Gasteiger partial charge in [-0.1, -0.05) is 235 Å². The molecule has 0 saturated heterocycles. The molecule has 68 heavy (non-hydrogen) atoms. The van der Waals surface area contributed by atoms with E-state index in [0.717, 1.165) is 109 Å². The molecule has 0 radical (unpaired) electrons. The molecule has 0 aromatic carbocycles. The van der Waals surface area contributed by atoms with Gasteiger partial charge in [0.25, 0.3) is 0 Å². The highest BCUT2D eigenvalue weighted by atomic mass is 16.6. The average molecular weight is 950 g/mol. The summed E-state index contributed by atoms with van der Waals surface area (Å²) in [4.78, 5) is 38.2. The normalized spacial score (nSPS) is 12.6. The van der Waals surface area contributed by atoms with E-state index in [-0.39, 0.29) is 31.1 Å². The third-order valence-corrected chi connectivity index (χ3v) is 12.4. The van der Waals surface area contributed by atoms with Crippen LogP contribution in [0, 0.1) is 0 Å². The molecule has 0 saturated carbocycles. The summed E-state index contributed by atoms with van der Waals surface area (Å²) < 4.78 is 16.8. The maximum Gasteiger partial charge on any atom is 0.306 e. The first-order valence-electron chi connectivity index (χ1n) is 29.0. The number of hydrogen-bond donors (Lipinski definition) is 0. The number of carbonyl (C=O) groups is 3. The van der Waals surface area contributed by atoms with Gasteiger partial charge in [0.05, 0.1) is 0 Å². The Morgan fingerprint density at radius 3 is 1.01 bits per heavy atom. The van der Waals surface area contributed by atoms with Crippen LogP contribution in [0.1, 0.15) is 284 Å². The fraction of sp³-hybridized carbons (Fsp3) is 0.758. The molecule has 0 N–H and O–H groups in total. The highest BCUT2D eigenvalue weighted by molar-refractivity contribution is 5.71. The lowest BCUT2D eigenvalue weighted by molar-refractivity contribution is -0.167. The molecule has 1 unspecified atom stereocenters. The first-order valence-corrected chi connectivity index (χ1v) is 29.0. The van der Waals surface area contributed by atoms with Crippen LogP contribution < -0.4 is 0 Å². The second-order valence-electron chi connectivity index (χ2n) is 19.2. The summed E-state index contributed by atoms with van der Waals surface area (Å²) in [5.74, 6) is -0.933. The van der Waals surface area contributed by atoms with Crippen LogP contribution >= 0.6 is 0 Å². The summed E-state index contributed by atoms with van der Waals surface area (Å²) >= 11 is 0. The summed E-state index contributed by atoms with van der Waals surface area (Å²) in [5.41, 5.74) is 0. The van der Waals surface area contributed by atoms with E-state index in [1.54, 1.807) is 0 Å². The van der Waals surface area contributed by atoms with Crippen molar-refractivity contribution in [3.63, 3.8) is 0 Å². The Bertz CT molecular complexity index is 1270. The summed E-state index contributed by atoms with van der Waals surface area (Å²) in [6.45, 7) is 6.50. The molecule has 0 spiro atoms. The summed E-state index contributed by atoms with van der Waals surface area (Å²) in [5, 5.41) is 0. The van der Waals surface area contributed by atoms with E-state index in [2.05, 4.69) is 93.7 Å².